The standard InChI is InChI=1S/C12H11BrO/c13-10-6-7-12(14)11(8-10)9-4-2-1-3-5-9/h6-9,14H,1-2,4H2. The zero-order valence-electron chi connectivity index (χ0n) is 7.76. The van der Waals surface area contributed by atoms with Crippen LogP contribution in [0.4, 0.5) is 0 Å². The maximum Gasteiger partial charge on any atom is 0.120 e. The minimum atomic E-state index is 0.209. The highest BCUT2D eigenvalue weighted by Crippen LogP contribution is 2.32. The Hall–Kier alpha value is -0.940. The fraction of sp³-hybridized carbons (Fsp3) is 0.333. The second-order valence-corrected chi connectivity index (χ2v) is 4.38. The first-order valence-corrected chi connectivity index (χ1v) is 5.53. The molecule has 0 spiro atoms. The van der Waals surface area contributed by atoms with Gasteiger partial charge in [-0.25, -0.2) is 0 Å². The number of aromatic hydroxyl groups is 1. The van der Waals surface area contributed by atoms with Crippen molar-refractivity contribution in [3.05, 3.63) is 28.2 Å². The Morgan fingerprint density at radius 1 is 1.43 bits per heavy atom. The summed E-state index contributed by atoms with van der Waals surface area (Å²) in [4.78, 5) is 0. The zero-order chi connectivity index (χ0) is 9.97. The van der Waals surface area contributed by atoms with Crippen LogP contribution >= 0.6 is 15.9 Å². The molecular weight excluding hydrogens is 240 g/mol. The summed E-state index contributed by atoms with van der Waals surface area (Å²) in [5.74, 6) is 6.84. The molecule has 72 valence electrons. The molecular formula is C12H11BrO. The second-order valence-electron chi connectivity index (χ2n) is 3.47. The van der Waals surface area contributed by atoms with E-state index in [1.807, 2.05) is 12.1 Å². The number of hydrogen-bond acceptors (Lipinski definition) is 1. The number of rotatable bonds is 1. The summed E-state index contributed by atoms with van der Waals surface area (Å²) in [6.07, 6.45) is 3.17. The third-order valence-corrected chi connectivity index (χ3v) is 2.93. The molecule has 1 aliphatic carbocycles. The highest BCUT2D eigenvalue weighted by atomic mass is 79.9. The molecule has 0 amide bonds. The van der Waals surface area contributed by atoms with Crippen LogP contribution in [-0.4, -0.2) is 5.11 Å². The van der Waals surface area contributed by atoms with Crippen molar-refractivity contribution in [2.45, 2.75) is 25.2 Å². The Balaban J connectivity index is 2.37. The summed E-state index contributed by atoms with van der Waals surface area (Å²) in [5, 5.41) is 9.70. The van der Waals surface area contributed by atoms with Gasteiger partial charge in [-0.05, 0) is 31.0 Å². The van der Waals surface area contributed by atoms with Gasteiger partial charge in [-0.2, -0.15) is 0 Å². The van der Waals surface area contributed by atoms with E-state index in [0.29, 0.717) is 5.75 Å². The van der Waals surface area contributed by atoms with E-state index in [1.165, 1.54) is 0 Å². The predicted molar refractivity (Wildman–Crippen MR) is 60.2 cm³/mol. The third kappa shape index (κ3) is 1.93. The number of benzene rings is 1. The molecule has 2 rings (SSSR count). The van der Waals surface area contributed by atoms with Crippen LogP contribution in [0.25, 0.3) is 0 Å². The van der Waals surface area contributed by atoms with Gasteiger partial charge in [0.25, 0.3) is 0 Å². The summed E-state index contributed by atoms with van der Waals surface area (Å²) in [6, 6.07) is 5.52. The van der Waals surface area contributed by atoms with Crippen LogP contribution < -0.4 is 0 Å². The summed E-state index contributed by atoms with van der Waals surface area (Å²) in [5.41, 5.74) is 0.951. The molecule has 0 saturated carbocycles. The number of halogens is 1. The van der Waals surface area contributed by atoms with Crippen LogP contribution in [0.5, 0.6) is 5.75 Å². The van der Waals surface area contributed by atoms with Gasteiger partial charge in [-0.1, -0.05) is 21.9 Å². The lowest BCUT2D eigenvalue weighted by Gasteiger charge is -2.15. The third-order valence-electron chi connectivity index (χ3n) is 2.44. The van der Waals surface area contributed by atoms with Crippen LogP contribution in [0.15, 0.2) is 22.7 Å². The number of hydrogen-bond donors (Lipinski definition) is 1. The molecule has 1 aromatic rings. The van der Waals surface area contributed by atoms with Crippen LogP contribution in [0, 0.1) is 11.8 Å². The van der Waals surface area contributed by atoms with Crippen molar-refractivity contribution in [3.63, 3.8) is 0 Å². The molecule has 2 heteroatoms. The normalized spacial score (nSPS) is 19.9. The Morgan fingerprint density at radius 3 is 3.00 bits per heavy atom. The monoisotopic (exact) mass is 250 g/mol. The van der Waals surface area contributed by atoms with E-state index in [2.05, 4.69) is 27.8 Å². The van der Waals surface area contributed by atoms with Gasteiger partial charge in [-0.15, -0.1) is 5.92 Å². The molecule has 0 heterocycles. The van der Waals surface area contributed by atoms with Crippen LogP contribution in [0.3, 0.4) is 0 Å². The minimum Gasteiger partial charge on any atom is -0.508 e. The van der Waals surface area contributed by atoms with E-state index in [9.17, 15) is 5.11 Å². The van der Waals surface area contributed by atoms with Gasteiger partial charge in [0, 0.05) is 22.4 Å². The average molecular weight is 251 g/mol. The van der Waals surface area contributed by atoms with Gasteiger partial charge < -0.3 is 5.11 Å². The molecule has 1 aromatic carbocycles. The van der Waals surface area contributed by atoms with Gasteiger partial charge in [0.15, 0.2) is 0 Å². The molecule has 0 aromatic heterocycles. The first-order valence-electron chi connectivity index (χ1n) is 4.74. The Kier molecular flexibility index (Phi) is 2.79. The van der Waals surface area contributed by atoms with Crippen LogP contribution in [0.1, 0.15) is 30.7 Å². The number of phenolic OH excluding ortho intramolecular Hbond substituents is 1. The predicted octanol–water partition coefficient (Wildman–Crippen LogP) is 3.43. The van der Waals surface area contributed by atoms with E-state index in [1.54, 1.807) is 6.07 Å². The topological polar surface area (TPSA) is 20.2 Å². The average Bonchev–Trinajstić information content (AvgIpc) is 2.23. The fourth-order valence-electron chi connectivity index (χ4n) is 1.70. The molecule has 0 radical (unpaired) electrons. The molecule has 0 saturated heterocycles. The van der Waals surface area contributed by atoms with Gasteiger partial charge in [-0.3, -0.25) is 0 Å². The molecule has 1 N–H and O–H groups in total. The van der Waals surface area contributed by atoms with Gasteiger partial charge >= 0.3 is 0 Å². The maximum absolute atomic E-state index is 9.70. The molecule has 0 aliphatic heterocycles. The van der Waals surface area contributed by atoms with E-state index in [0.717, 1.165) is 29.3 Å². The highest BCUT2D eigenvalue weighted by Gasteiger charge is 2.14. The molecule has 1 unspecified atom stereocenters. The van der Waals surface area contributed by atoms with Crippen molar-refractivity contribution in [2.75, 3.05) is 0 Å². The molecule has 1 atom stereocenters. The van der Waals surface area contributed by atoms with Gasteiger partial charge in [0.1, 0.15) is 5.75 Å². The lowest BCUT2D eigenvalue weighted by atomic mass is 9.90. The first kappa shape index (κ1) is 9.61. The largest absolute Gasteiger partial charge is 0.508 e. The summed E-state index contributed by atoms with van der Waals surface area (Å²) in [7, 11) is 0. The van der Waals surface area contributed by atoms with Crippen molar-refractivity contribution in [3.8, 4) is 17.6 Å². The summed E-state index contributed by atoms with van der Waals surface area (Å²) < 4.78 is 0.998. The Bertz CT molecular complexity index is 401. The Labute approximate surface area is 92.3 Å². The first-order chi connectivity index (χ1) is 6.77. The Morgan fingerprint density at radius 2 is 2.29 bits per heavy atom. The second kappa shape index (κ2) is 4.06. The van der Waals surface area contributed by atoms with E-state index in [-0.39, 0.29) is 5.92 Å². The smallest absolute Gasteiger partial charge is 0.120 e. The van der Waals surface area contributed by atoms with Crippen molar-refractivity contribution >= 4 is 15.9 Å². The zero-order valence-corrected chi connectivity index (χ0v) is 9.34. The van der Waals surface area contributed by atoms with E-state index >= 15 is 0 Å². The lowest BCUT2D eigenvalue weighted by Crippen LogP contribution is -2.00. The lowest BCUT2D eigenvalue weighted by molar-refractivity contribution is 0.463. The fourth-order valence-corrected chi connectivity index (χ4v) is 2.08. The number of phenols is 1. The van der Waals surface area contributed by atoms with E-state index in [4.69, 9.17) is 0 Å². The maximum atomic E-state index is 9.70. The van der Waals surface area contributed by atoms with Crippen LogP contribution in [0.2, 0.25) is 0 Å². The molecule has 0 bridgehead atoms. The van der Waals surface area contributed by atoms with Crippen molar-refractivity contribution < 1.29 is 5.11 Å². The van der Waals surface area contributed by atoms with E-state index < -0.39 is 0 Å². The quantitative estimate of drug-likeness (QED) is 0.758. The van der Waals surface area contributed by atoms with Crippen molar-refractivity contribution in [2.24, 2.45) is 0 Å². The molecule has 14 heavy (non-hydrogen) atoms. The summed E-state index contributed by atoms with van der Waals surface area (Å²) >= 11 is 3.40. The molecule has 1 aliphatic rings. The van der Waals surface area contributed by atoms with Crippen molar-refractivity contribution in [1.29, 1.82) is 0 Å². The van der Waals surface area contributed by atoms with Gasteiger partial charge in [0.2, 0.25) is 0 Å². The summed E-state index contributed by atoms with van der Waals surface area (Å²) in [6.45, 7) is 0. The van der Waals surface area contributed by atoms with Crippen molar-refractivity contribution in [1.82, 2.24) is 0 Å². The van der Waals surface area contributed by atoms with Crippen LogP contribution in [-0.2, 0) is 0 Å². The molecule has 0 fully saturated rings. The minimum absolute atomic E-state index is 0.209. The highest BCUT2D eigenvalue weighted by molar-refractivity contribution is 9.10. The molecule has 1 nitrogen and oxygen atoms in total. The SMILES string of the molecule is Oc1ccc(Br)cc1C1C#CCCC1. The van der Waals surface area contributed by atoms with Gasteiger partial charge in [0.05, 0.1) is 0 Å².